The number of nitrogens with zero attached hydrogens (tertiary/aromatic N) is 1. The summed E-state index contributed by atoms with van der Waals surface area (Å²) in [6.45, 7) is -0.591. The Morgan fingerprint density at radius 1 is 1.00 bits per heavy atom. The molecule has 0 spiro atoms. The average molecular weight is 585 g/mol. The molecule has 10 heteroatoms. The van der Waals surface area contributed by atoms with E-state index in [0.717, 1.165) is 20.6 Å². The summed E-state index contributed by atoms with van der Waals surface area (Å²) in [4.78, 5) is 50.6. The van der Waals surface area contributed by atoms with Gasteiger partial charge in [0.1, 0.15) is 0 Å². The van der Waals surface area contributed by atoms with Gasteiger partial charge >= 0.3 is 5.97 Å². The van der Waals surface area contributed by atoms with E-state index >= 15 is 0 Å². The van der Waals surface area contributed by atoms with Crippen molar-refractivity contribution in [2.75, 3.05) is 18.5 Å². The van der Waals surface area contributed by atoms with Crippen molar-refractivity contribution in [3.05, 3.63) is 99.5 Å². The molecule has 0 aromatic heterocycles. The number of carbonyl (C=O) groups is 4. The number of benzene rings is 3. The topological polar surface area (TPSA) is 105 Å². The number of rotatable bonds is 8. The average Bonchev–Trinajstić information content (AvgIpc) is 3.25. The van der Waals surface area contributed by atoms with Crippen LogP contribution in [0.5, 0.6) is 0 Å². The molecule has 8 nitrogen and oxygen atoms in total. The third-order valence-electron chi connectivity index (χ3n) is 5.78. The molecule has 190 valence electrons. The Balaban J connectivity index is 1.34. The van der Waals surface area contributed by atoms with Crippen molar-refractivity contribution in [2.24, 2.45) is 5.92 Å². The molecule has 1 atom stereocenters. The molecule has 3 amide bonds. The second-order valence-corrected chi connectivity index (χ2v) is 9.74. The first-order chi connectivity index (χ1) is 17.8. The number of anilines is 1. The number of hydrogen-bond donors (Lipinski definition) is 2. The lowest BCUT2D eigenvalue weighted by atomic mass is 9.91. The lowest BCUT2D eigenvalue weighted by molar-refractivity contribution is -0.151. The van der Waals surface area contributed by atoms with Gasteiger partial charge < -0.3 is 10.1 Å². The first-order valence-electron chi connectivity index (χ1n) is 11.4. The molecular formula is C27H23BrClN3O5. The molecule has 0 unspecified atom stereocenters. The number of ether oxygens (including phenoxy) is 1. The van der Waals surface area contributed by atoms with Gasteiger partial charge in [-0.1, -0.05) is 88.2 Å². The van der Waals surface area contributed by atoms with Crippen molar-refractivity contribution >= 4 is 56.9 Å². The highest BCUT2D eigenvalue weighted by Crippen LogP contribution is 2.27. The van der Waals surface area contributed by atoms with Crippen molar-refractivity contribution in [3.63, 3.8) is 0 Å². The normalized spacial score (nSPS) is 14.9. The minimum Gasteiger partial charge on any atom is -0.455 e. The summed E-state index contributed by atoms with van der Waals surface area (Å²) in [5.41, 5.74) is 4.57. The van der Waals surface area contributed by atoms with Crippen molar-refractivity contribution < 1.29 is 23.9 Å². The van der Waals surface area contributed by atoms with Crippen LogP contribution in [-0.4, -0.2) is 41.9 Å². The van der Waals surface area contributed by atoms with E-state index in [0.29, 0.717) is 10.7 Å². The van der Waals surface area contributed by atoms with Crippen molar-refractivity contribution in [3.8, 4) is 0 Å². The Labute approximate surface area is 227 Å². The molecule has 2 N–H and O–H groups in total. The van der Waals surface area contributed by atoms with E-state index in [1.54, 1.807) is 18.2 Å². The highest BCUT2D eigenvalue weighted by molar-refractivity contribution is 9.10. The van der Waals surface area contributed by atoms with Crippen LogP contribution in [0.3, 0.4) is 0 Å². The first-order valence-corrected chi connectivity index (χ1v) is 12.6. The highest BCUT2D eigenvalue weighted by Gasteiger charge is 2.37. The van der Waals surface area contributed by atoms with Crippen LogP contribution in [0.2, 0.25) is 5.02 Å². The molecule has 0 bridgehead atoms. The Kier molecular flexibility index (Phi) is 8.58. The Bertz CT molecular complexity index is 1270. The van der Waals surface area contributed by atoms with E-state index in [9.17, 15) is 19.2 Å². The number of hydrazine groups is 1. The monoisotopic (exact) mass is 583 g/mol. The fourth-order valence-electron chi connectivity index (χ4n) is 3.99. The number of esters is 1. The van der Waals surface area contributed by atoms with E-state index in [1.165, 1.54) is 0 Å². The molecule has 0 saturated carbocycles. The molecule has 1 aliphatic rings. The van der Waals surface area contributed by atoms with Crippen LogP contribution in [-0.2, 0) is 23.9 Å². The fraction of sp³-hybridized carbons (Fsp3) is 0.185. The zero-order valence-electron chi connectivity index (χ0n) is 19.5. The lowest BCUT2D eigenvalue weighted by Gasteiger charge is -2.23. The van der Waals surface area contributed by atoms with E-state index in [1.807, 2.05) is 60.7 Å². The minimum atomic E-state index is -0.816. The summed E-state index contributed by atoms with van der Waals surface area (Å²) in [5.74, 6) is -3.55. The van der Waals surface area contributed by atoms with Crippen molar-refractivity contribution in [2.45, 2.75) is 12.3 Å². The number of hydrogen-bond acceptors (Lipinski definition) is 5. The van der Waals surface area contributed by atoms with Gasteiger partial charge in [-0.2, -0.15) is 0 Å². The standard InChI is InChI=1S/C27H23BrClN3O5/c28-20-11-12-22(21(29)14-20)30-23(33)16-37-27(36)19-13-24(34)32(15-19)31-26(35)25(17-7-3-1-4-8-17)18-9-5-2-6-10-18/h1-12,14,19,25H,13,15-16H2,(H,30,33)(H,31,35)/t19-/m1/s1. The van der Waals surface area contributed by atoms with Crippen LogP contribution in [0.15, 0.2) is 83.3 Å². The van der Waals surface area contributed by atoms with Gasteiger partial charge in [0.05, 0.1) is 29.1 Å². The van der Waals surface area contributed by atoms with Crippen LogP contribution in [0.25, 0.3) is 0 Å². The maximum absolute atomic E-state index is 13.3. The Hall–Kier alpha value is -3.69. The third-order valence-corrected chi connectivity index (χ3v) is 6.59. The number of nitrogens with one attached hydrogen (secondary N) is 2. The van der Waals surface area contributed by atoms with Crippen molar-refractivity contribution in [1.82, 2.24) is 10.4 Å². The third kappa shape index (κ3) is 6.75. The molecule has 3 aromatic rings. The summed E-state index contributed by atoms with van der Waals surface area (Å²) in [7, 11) is 0. The lowest BCUT2D eigenvalue weighted by Crippen LogP contribution is -2.45. The smallest absolute Gasteiger partial charge is 0.311 e. The van der Waals surface area contributed by atoms with E-state index < -0.39 is 42.1 Å². The first kappa shape index (κ1) is 26.4. The molecule has 0 radical (unpaired) electrons. The second kappa shape index (κ2) is 12.0. The van der Waals surface area contributed by atoms with Crippen LogP contribution >= 0.6 is 27.5 Å². The van der Waals surface area contributed by atoms with Crippen LogP contribution in [0.1, 0.15) is 23.5 Å². The van der Waals surface area contributed by atoms with Gasteiger partial charge in [0, 0.05) is 10.9 Å². The Morgan fingerprint density at radius 2 is 1.62 bits per heavy atom. The van der Waals surface area contributed by atoms with Gasteiger partial charge in [0.15, 0.2) is 6.61 Å². The minimum absolute atomic E-state index is 0.0557. The molecule has 4 rings (SSSR count). The zero-order valence-corrected chi connectivity index (χ0v) is 21.9. The van der Waals surface area contributed by atoms with Gasteiger partial charge in [0.25, 0.3) is 11.8 Å². The predicted octanol–water partition coefficient (Wildman–Crippen LogP) is 4.30. The quantitative estimate of drug-likeness (QED) is 0.384. The zero-order chi connectivity index (χ0) is 26.4. The molecule has 3 aromatic carbocycles. The summed E-state index contributed by atoms with van der Waals surface area (Å²) >= 11 is 9.37. The van der Waals surface area contributed by atoms with Crippen LogP contribution in [0.4, 0.5) is 5.69 Å². The van der Waals surface area contributed by atoms with E-state index in [2.05, 4.69) is 26.7 Å². The van der Waals surface area contributed by atoms with Crippen LogP contribution < -0.4 is 10.7 Å². The molecule has 1 saturated heterocycles. The summed E-state index contributed by atoms with van der Waals surface area (Å²) in [5, 5.41) is 4.03. The van der Waals surface area contributed by atoms with Gasteiger partial charge in [-0.15, -0.1) is 0 Å². The van der Waals surface area contributed by atoms with Gasteiger partial charge in [-0.25, -0.2) is 0 Å². The molecule has 1 fully saturated rings. The van der Waals surface area contributed by atoms with E-state index in [-0.39, 0.29) is 13.0 Å². The van der Waals surface area contributed by atoms with Crippen LogP contribution in [0, 0.1) is 5.92 Å². The number of carbonyl (C=O) groups excluding carboxylic acids is 4. The molecule has 1 aliphatic heterocycles. The highest BCUT2D eigenvalue weighted by atomic mass is 79.9. The SMILES string of the molecule is O=C(COC(=O)[C@@H]1CC(=O)N(NC(=O)C(c2ccccc2)c2ccccc2)C1)Nc1ccc(Br)cc1Cl. The van der Waals surface area contributed by atoms with Crippen molar-refractivity contribution in [1.29, 1.82) is 0 Å². The summed E-state index contributed by atoms with van der Waals surface area (Å²) in [6, 6.07) is 23.4. The maximum Gasteiger partial charge on any atom is 0.311 e. The number of amides is 3. The van der Waals surface area contributed by atoms with Gasteiger partial charge in [-0.05, 0) is 29.3 Å². The Morgan fingerprint density at radius 3 is 2.22 bits per heavy atom. The van der Waals surface area contributed by atoms with E-state index in [4.69, 9.17) is 16.3 Å². The summed E-state index contributed by atoms with van der Waals surface area (Å²) < 4.78 is 5.87. The molecule has 37 heavy (non-hydrogen) atoms. The molecule has 1 heterocycles. The molecule has 0 aliphatic carbocycles. The predicted molar refractivity (Wildman–Crippen MR) is 141 cm³/mol. The fourth-order valence-corrected chi connectivity index (χ4v) is 4.71. The second-order valence-electron chi connectivity index (χ2n) is 8.42. The largest absolute Gasteiger partial charge is 0.455 e. The van der Waals surface area contributed by atoms with Gasteiger partial charge in [-0.3, -0.25) is 29.6 Å². The number of halogens is 2. The molecular weight excluding hydrogens is 562 g/mol. The maximum atomic E-state index is 13.3. The van der Waals surface area contributed by atoms with Gasteiger partial charge in [0.2, 0.25) is 5.91 Å². The summed E-state index contributed by atoms with van der Waals surface area (Å²) in [6.07, 6.45) is -0.138.